The molecule has 1 aliphatic rings. The van der Waals surface area contributed by atoms with Crippen molar-refractivity contribution >= 4 is 23.5 Å². The molecule has 1 saturated heterocycles. The average Bonchev–Trinajstić information content (AvgIpc) is 2.46. The average molecular weight is 326 g/mol. The Hall–Kier alpha value is -2.55. The van der Waals surface area contributed by atoms with Crippen LogP contribution in [-0.2, 0) is 9.59 Å². The van der Waals surface area contributed by atoms with E-state index in [0.717, 1.165) is 0 Å². The monoisotopic (exact) mass is 326 g/mol. The molecular formula is C14H16F2N4O3. The Morgan fingerprint density at radius 1 is 1.30 bits per heavy atom. The summed E-state index contributed by atoms with van der Waals surface area (Å²) >= 11 is 0. The van der Waals surface area contributed by atoms with E-state index >= 15 is 0 Å². The fourth-order valence-electron chi connectivity index (χ4n) is 2.14. The predicted molar refractivity (Wildman–Crippen MR) is 77.7 cm³/mol. The molecule has 2 rings (SSSR count). The van der Waals surface area contributed by atoms with Gasteiger partial charge >= 0.3 is 6.03 Å². The smallest absolute Gasteiger partial charge is 0.321 e. The lowest BCUT2D eigenvalue weighted by Crippen LogP contribution is -2.48. The fraction of sp³-hybridized carbons (Fsp3) is 0.357. The SMILES string of the molecule is NC(CC(F)F)C(=O)Nc1ccc(C2CC(=O)NC(=O)N2)cc1. The first kappa shape index (κ1) is 16.8. The van der Waals surface area contributed by atoms with Crippen molar-refractivity contribution in [3.05, 3.63) is 29.8 Å². The maximum absolute atomic E-state index is 12.2. The molecule has 0 bridgehead atoms. The summed E-state index contributed by atoms with van der Waals surface area (Å²) in [6, 6.07) is 4.01. The van der Waals surface area contributed by atoms with Crippen molar-refractivity contribution in [3.8, 4) is 0 Å². The maximum Gasteiger partial charge on any atom is 0.321 e. The van der Waals surface area contributed by atoms with Crippen LogP contribution in [0, 0.1) is 0 Å². The number of benzene rings is 1. The number of anilines is 1. The van der Waals surface area contributed by atoms with Crippen LogP contribution in [0.1, 0.15) is 24.4 Å². The number of imide groups is 1. The Morgan fingerprint density at radius 2 is 1.96 bits per heavy atom. The topological polar surface area (TPSA) is 113 Å². The van der Waals surface area contributed by atoms with Gasteiger partial charge in [-0.05, 0) is 17.7 Å². The number of carbonyl (C=O) groups excluding carboxylic acids is 3. The van der Waals surface area contributed by atoms with E-state index in [4.69, 9.17) is 5.73 Å². The van der Waals surface area contributed by atoms with Crippen LogP contribution in [0.5, 0.6) is 0 Å². The quantitative estimate of drug-likeness (QED) is 0.643. The van der Waals surface area contributed by atoms with Crippen molar-refractivity contribution in [2.24, 2.45) is 5.73 Å². The number of urea groups is 1. The first-order chi connectivity index (χ1) is 10.8. The number of alkyl halides is 2. The van der Waals surface area contributed by atoms with Gasteiger partial charge in [0.1, 0.15) is 0 Å². The van der Waals surface area contributed by atoms with Crippen LogP contribution in [-0.4, -0.2) is 30.3 Å². The molecule has 1 aromatic carbocycles. The predicted octanol–water partition coefficient (Wildman–Crippen LogP) is 0.878. The van der Waals surface area contributed by atoms with Gasteiger partial charge in [0.2, 0.25) is 18.2 Å². The molecule has 2 unspecified atom stereocenters. The molecule has 7 nitrogen and oxygen atoms in total. The number of hydrogen-bond acceptors (Lipinski definition) is 4. The summed E-state index contributed by atoms with van der Waals surface area (Å²) in [5, 5.41) is 7.16. The van der Waals surface area contributed by atoms with E-state index in [0.29, 0.717) is 11.3 Å². The van der Waals surface area contributed by atoms with Crippen LogP contribution < -0.4 is 21.7 Å². The van der Waals surface area contributed by atoms with E-state index in [1.54, 1.807) is 24.3 Å². The van der Waals surface area contributed by atoms with Gasteiger partial charge in [-0.15, -0.1) is 0 Å². The van der Waals surface area contributed by atoms with E-state index in [1.165, 1.54) is 0 Å². The minimum absolute atomic E-state index is 0.108. The molecule has 1 heterocycles. The number of rotatable bonds is 5. The molecule has 4 amide bonds. The summed E-state index contributed by atoms with van der Waals surface area (Å²) in [4.78, 5) is 34.2. The largest absolute Gasteiger partial charge is 0.330 e. The fourth-order valence-corrected chi connectivity index (χ4v) is 2.14. The van der Waals surface area contributed by atoms with Gasteiger partial charge in [0.05, 0.1) is 18.5 Å². The van der Waals surface area contributed by atoms with Gasteiger partial charge in [0.25, 0.3) is 0 Å². The van der Waals surface area contributed by atoms with Crippen molar-refractivity contribution in [3.63, 3.8) is 0 Å². The molecule has 0 spiro atoms. The molecule has 124 valence electrons. The van der Waals surface area contributed by atoms with Crippen LogP contribution in [0.2, 0.25) is 0 Å². The number of carbonyl (C=O) groups is 3. The molecule has 0 radical (unpaired) electrons. The number of halogens is 2. The number of nitrogens with one attached hydrogen (secondary N) is 3. The highest BCUT2D eigenvalue weighted by Gasteiger charge is 2.25. The molecule has 2 atom stereocenters. The molecule has 1 aromatic rings. The standard InChI is InChI=1S/C14H16F2N4O3/c15-11(16)5-9(17)13(22)18-8-3-1-7(2-4-8)10-6-12(21)20-14(23)19-10/h1-4,9-11H,5-6,17H2,(H,18,22)(H2,19,20,21,23). The molecule has 5 N–H and O–H groups in total. The van der Waals surface area contributed by atoms with E-state index < -0.39 is 36.9 Å². The highest BCUT2D eigenvalue weighted by atomic mass is 19.3. The Kier molecular flexibility index (Phi) is 5.22. The van der Waals surface area contributed by atoms with Crippen molar-refractivity contribution in [1.29, 1.82) is 0 Å². The van der Waals surface area contributed by atoms with Gasteiger partial charge < -0.3 is 16.4 Å². The van der Waals surface area contributed by atoms with E-state index in [9.17, 15) is 23.2 Å². The Bertz CT molecular complexity index is 591. The highest BCUT2D eigenvalue weighted by Crippen LogP contribution is 2.21. The first-order valence-electron chi connectivity index (χ1n) is 6.90. The highest BCUT2D eigenvalue weighted by molar-refractivity contribution is 5.97. The van der Waals surface area contributed by atoms with Crippen molar-refractivity contribution < 1.29 is 23.2 Å². The Morgan fingerprint density at radius 3 is 2.52 bits per heavy atom. The third-order valence-corrected chi connectivity index (χ3v) is 3.30. The summed E-state index contributed by atoms with van der Waals surface area (Å²) in [7, 11) is 0. The van der Waals surface area contributed by atoms with Gasteiger partial charge in [-0.3, -0.25) is 14.9 Å². The minimum Gasteiger partial charge on any atom is -0.330 e. The second-order valence-corrected chi connectivity index (χ2v) is 5.12. The third-order valence-electron chi connectivity index (χ3n) is 3.30. The molecule has 0 aliphatic carbocycles. The summed E-state index contributed by atoms with van der Waals surface area (Å²) < 4.78 is 24.4. The zero-order chi connectivity index (χ0) is 17.0. The normalized spacial score (nSPS) is 19.0. The lowest BCUT2D eigenvalue weighted by molar-refractivity contribution is -0.121. The zero-order valence-corrected chi connectivity index (χ0v) is 12.0. The summed E-state index contributed by atoms with van der Waals surface area (Å²) in [5.74, 6) is -1.09. The van der Waals surface area contributed by atoms with Gasteiger partial charge in [-0.2, -0.15) is 0 Å². The van der Waals surface area contributed by atoms with Crippen LogP contribution in [0.25, 0.3) is 0 Å². The van der Waals surface area contributed by atoms with Gasteiger partial charge in [0, 0.05) is 12.1 Å². The van der Waals surface area contributed by atoms with E-state index in [2.05, 4.69) is 16.0 Å². The Balaban J connectivity index is 1.98. The van der Waals surface area contributed by atoms with Gasteiger partial charge in [-0.1, -0.05) is 12.1 Å². The molecular weight excluding hydrogens is 310 g/mol. The number of amides is 4. The van der Waals surface area contributed by atoms with Crippen LogP contribution in [0.15, 0.2) is 24.3 Å². The van der Waals surface area contributed by atoms with Crippen molar-refractivity contribution in [2.45, 2.75) is 31.4 Å². The molecule has 9 heteroatoms. The lowest BCUT2D eigenvalue weighted by atomic mass is 10.0. The van der Waals surface area contributed by atoms with Gasteiger partial charge in [-0.25, -0.2) is 13.6 Å². The van der Waals surface area contributed by atoms with Crippen molar-refractivity contribution in [1.82, 2.24) is 10.6 Å². The maximum atomic E-state index is 12.2. The van der Waals surface area contributed by atoms with Crippen LogP contribution in [0.3, 0.4) is 0 Å². The van der Waals surface area contributed by atoms with E-state index in [1.807, 2.05) is 0 Å². The van der Waals surface area contributed by atoms with Gasteiger partial charge in [0.15, 0.2) is 0 Å². The second kappa shape index (κ2) is 7.14. The summed E-state index contributed by atoms with van der Waals surface area (Å²) in [6.45, 7) is 0. The van der Waals surface area contributed by atoms with Crippen LogP contribution in [0.4, 0.5) is 19.3 Å². The molecule has 1 aliphatic heterocycles. The summed E-state index contributed by atoms with van der Waals surface area (Å²) in [6.07, 6.45) is -3.26. The number of hydrogen-bond donors (Lipinski definition) is 4. The number of nitrogens with two attached hydrogens (primary N) is 1. The summed E-state index contributed by atoms with van der Waals surface area (Å²) in [5.41, 5.74) is 6.43. The Labute approximate surface area is 130 Å². The van der Waals surface area contributed by atoms with E-state index in [-0.39, 0.29) is 12.3 Å². The molecule has 0 saturated carbocycles. The van der Waals surface area contributed by atoms with Crippen LogP contribution >= 0.6 is 0 Å². The molecule has 1 fully saturated rings. The second-order valence-electron chi connectivity index (χ2n) is 5.12. The molecule has 0 aromatic heterocycles. The minimum atomic E-state index is -2.65. The van der Waals surface area contributed by atoms with Crippen molar-refractivity contribution in [2.75, 3.05) is 5.32 Å². The zero-order valence-electron chi connectivity index (χ0n) is 12.0. The third kappa shape index (κ3) is 4.71. The first-order valence-corrected chi connectivity index (χ1v) is 6.90. The lowest BCUT2D eigenvalue weighted by Gasteiger charge is -2.23. The molecule has 23 heavy (non-hydrogen) atoms.